The van der Waals surface area contributed by atoms with Crippen molar-refractivity contribution < 1.29 is 9.59 Å². The quantitative estimate of drug-likeness (QED) is 0.872. The molecule has 23 heavy (non-hydrogen) atoms. The zero-order chi connectivity index (χ0) is 16.8. The number of amides is 2. The smallest absolute Gasteiger partial charge is 0.247 e. The molecule has 6 heteroatoms. The van der Waals surface area contributed by atoms with Crippen LogP contribution in [0.25, 0.3) is 0 Å². The number of hydrogen-bond donors (Lipinski definition) is 2. The molecule has 0 aromatic carbocycles. The molecule has 0 bridgehead atoms. The Morgan fingerprint density at radius 1 is 1.17 bits per heavy atom. The average molecular weight is 318 g/mol. The van der Waals surface area contributed by atoms with Crippen molar-refractivity contribution in [3.63, 3.8) is 0 Å². The summed E-state index contributed by atoms with van der Waals surface area (Å²) >= 11 is 0. The molecule has 1 fully saturated rings. The van der Waals surface area contributed by atoms with Gasteiger partial charge in [0.1, 0.15) is 11.9 Å². The molecule has 0 spiro atoms. The van der Waals surface area contributed by atoms with Crippen LogP contribution in [0.3, 0.4) is 0 Å². The SMILES string of the molecule is CC(=O)N[C@@H](C(=O)Nc1ccc(N2CCCCC2)nc1)C(C)C. The first kappa shape index (κ1) is 17.2. The van der Waals surface area contributed by atoms with Crippen molar-refractivity contribution in [2.24, 2.45) is 5.92 Å². The van der Waals surface area contributed by atoms with Gasteiger partial charge < -0.3 is 15.5 Å². The summed E-state index contributed by atoms with van der Waals surface area (Å²) in [6.07, 6.45) is 5.36. The second kappa shape index (κ2) is 7.94. The Morgan fingerprint density at radius 2 is 1.87 bits per heavy atom. The van der Waals surface area contributed by atoms with Crippen LogP contribution in [-0.2, 0) is 9.59 Å². The lowest BCUT2D eigenvalue weighted by atomic mass is 10.0. The van der Waals surface area contributed by atoms with Crippen LogP contribution in [0.15, 0.2) is 18.3 Å². The second-order valence-electron chi connectivity index (χ2n) is 6.36. The minimum absolute atomic E-state index is 0.0134. The fourth-order valence-electron chi connectivity index (χ4n) is 2.74. The molecule has 2 amide bonds. The highest BCUT2D eigenvalue weighted by atomic mass is 16.2. The third-order valence-electron chi connectivity index (χ3n) is 4.00. The number of anilines is 2. The van der Waals surface area contributed by atoms with Gasteiger partial charge in [0, 0.05) is 20.0 Å². The van der Waals surface area contributed by atoms with Crippen molar-refractivity contribution in [1.82, 2.24) is 10.3 Å². The van der Waals surface area contributed by atoms with Gasteiger partial charge in [0.05, 0.1) is 11.9 Å². The molecule has 1 atom stereocenters. The highest BCUT2D eigenvalue weighted by Crippen LogP contribution is 2.19. The molecule has 2 rings (SSSR count). The third kappa shape index (κ3) is 4.94. The minimum atomic E-state index is -0.547. The van der Waals surface area contributed by atoms with Gasteiger partial charge in [0.25, 0.3) is 0 Å². The Bertz CT molecular complexity index is 536. The summed E-state index contributed by atoms with van der Waals surface area (Å²) in [5, 5.41) is 5.51. The van der Waals surface area contributed by atoms with Crippen LogP contribution in [0.4, 0.5) is 11.5 Å². The van der Waals surface area contributed by atoms with Gasteiger partial charge in [-0.25, -0.2) is 4.98 Å². The van der Waals surface area contributed by atoms with Crippen LogP contribution in [0.5, 0.6) is 0 Å². The van der Waals surface area contributed by atoms with Crippen LogP contribution in [0, 0.1) is 5.92 Å². The Hall–Kier alpha value is -2.11. The van der Waals surface area contributed by atoms with Crippen molar-refractivity contribution in [1.29, 1.82) is 0 Å². The topological polar surface area (TPSA) is 74.3 Å². The molecule has 0 aliphatic carbocycles. The number of aromatic nitrogens is 1. The molecule has 2 heterocycles. The molecule has 2 N–H and O–H groups in total. The van der Waals surface area contributed by atoms with Gasteiger partial charge in [0.2, 0.25) is 11.8 Å². The maximum absolute atomic E-state index is 12.3. The molecule has 0 unspecified atom stereocenters. The predicted molar refractivity (Wildman–Crippen MR) is 91.4 cm³/mol. The van der Waals surface area contributed by atoms with Gasteiger partial charge in [0.15, 0.2) is 0 Å². The Kier molecular flexibility index (Phi) is 5.96. The standard InChI is InChI=1S/C17H26N4O2/c1-12(2)16(19-13(3)22)17(23)20-14-7-8-15(18-11-14)21-9-5-4-6-10-21/h7-8,11-12,16H,4-6,9-10H2,1-3H3,(H,19,22)(H,20,23)/t16-/m1/s1. The van der Waals surface area contributed by atoms with Gasteiger partial charge in [-0.2, -0.15) is 0 Å². The average Bonchev–Trinajstić information content (AvgIpc) is 2.53. The first-order valence-corrected chi connectivity index (χ1v) is 8.26. The van der Waals surface area contributed by atoms with E-state index in [1.807, 2.05) is 26.0 Å². The van der Waals surface area contributed by atoms with E-state index in [1.54, 1.807) is 6.20 Å². The van der Waals surface area contributed by atoms with Gasteiger partial charge in [-0.3, -0.25) is 9.59 Å². The number of hydrogen-bond acceptors (Lipinski definition) is 4. The maximum atomic E-state index is 12.3. The summed E-state index contributed by atoms with van der Waals surface area (Å²) < 4.78 is 0. The molecule has 1 aromatic rings. The van der Waals surface area contributed by atoms with E-state index in [0.717, 1.165) is 18.9 Å². The number of nitrogens with zero attached hydrogens (tertiary/aromatic N) is 2. The Labute approximate surface area is 137 Å². The van der Waals surface area contributed by atoms with E-state index in [1.165, 1.54) is 26.2 Å². The van der Waals surface area contributed by atoms with Crippen molar-refractivity contribution in [2.45, 2.75) is 46.1 Å². The van der Waals surface area contributed by atoms with E-state index in [-0.39, 0.29) is 17.7 Å². The summed E-state index contributed by atoms with van der Waals surface area (Å²) in [4.78, 5) is 30.2. The fraction of sp³-hybridized carbons (Fsp3) is 0.588. The zero-order valence-electron chi connectivity index (χ0n) is 14.1. The normalized spacial score (nSPS) is 16.1. The molecule has 6 nitrogen and oxygen atoms in total. The van der Waals surface area contributed by atoms with Crippen molar-refractivity contribution in [3.8, 4) is 0 Å². The molecule has 1 aromatic heterocycles. The number of carbonyl (C=O) groups excluding carboxylic acids is 2. The van der Waals surface area contributed by atoms with Gasteiger partial charge in [-0.05, 0) is 37.3 Å². The molecule has 0 saturated carbocycles. The lowest BCUT2D eigenvalue weighted by Gasteiger charge is -2.27. The van der Waals surface area contributed by atoms with Crippen molar-refractivity contribution in [2.75, 3.05) is 23.3 Å². The minimum Gasteiger partial charge on any atom is -0.357 e. The van der Waals surface area contributed by atoms with E-state index >= 15 is 0 Å². The van der Waals surface area contributed by atoms with Gasteiger partial charge in [-0.1, -0.05) is 13.8 Å². The maximum Gasteiger partial charge on any atom is 0.247 e. The van der Waals surface area contributed by atoms with E-state index in [4.69, 9.17) is 0 Å². The van der Waals surface area contributed by atoms with E-state index in [9.17, 15) is 9.59 Å². The van der Waals surface area contributed by atoms with Crippen LogP contribution in [-0.4, -0.2) is 35.9 Å². The number of carbonyl (C=O) groups is 2. The van der Waals surface area contributed by atoms with E-state index < -0.39 is 6.04 Å². The number of piperidine rings is 1. The summed E-state index contributed by atoms with van der Waals surface area (Å²) in [5.41, 5.74) is 0.645. The molecule has 0 radical (unpaired) electrons. The summed E-state index contributed by atoms with van der Waals surface area (Å²) in [5.74, 6) is 0.532. The Balaban J connectivity index is 1.98. The number of rotatable bonds is 5. The first-order valence-electron chi connectivity index (χ1n) is 8.26. The van der Waals surface area contributed by atoms with Crippen LogP contribution in [0.1, 0.15) is 40.0 Å². The molecular weight excluding hydrogens is 292 g/mol. The van der Waals surface area contributed by atoms with Gasteiger partial charge in [-0.15, -0.1) is 0 Å². The van der Waals surface area contributed by atoms with Crippen LogP contribution in [0.2, 0.25) is 0 Å². The highest BCUT2D eigenvalue weighted by molar-refractivity contribution is 5.97. The lowest BCUT2D eigenvalue weighted by Crippen LogP contribution is -2.46. The molecule has 1 saturated heterocycles. The highest BCUT2D eigenvalue weighted by Gasteiger charge is 2.23. The lowest BCUT2D eigenvalue weighted by molar-refractivity contribution is -0.126. The van der Waals surface area contributed by atoms with E-state index in [0.29, 0.717) is 5.69 Å². The van der Waals surface area contributed by atoms with Crippen molar-refractivity contribution in [3.05, 3.63) is 18.3 Å². The molecule has 1 aliphatic heterocycles. The molecule has 1 aliphatic rings. The largest absolute Gasteiger partial charge is 0.357 e. The second-order valence-corrected chi connectivity index (χ2v) is 6.36. The third-order valence-corrected chi connectivity index (χ3v) is 4.00. The molecular formula is C17H26N4O2. The summed E-state index contributed by atoms with van der Waals surface area (Å²) in [6, 6.07) is 3.25. The zero-order valence-corrected chi connectivity index (χ0v) is 14.1. The summed E-state index contributed by atoms with van der Waals surface area (Å²) in [6.45, 7) is 7.29. The monoisotopic (exact) mass is 318 g/mol. The van der Waals surface area contributed by atoms with Crippen molar-refractivity contribution >= 4 is 23.3 Å². The Morgan fingerprint density at radius 3 is 2.39 bits per heavy atom. The van der Waals surface area contributed by atoms with Crippen LogP contribution >= 0.6 is 0 Å². The summed E-state index contributed by atoms with van der Waals surface area (Å²) in [7, 11) is 0. The number of pyridine rings is 1. The fourth-order valence-corrected chi connectivity index (χ4v) is 2.74. The number of nitrogens with one attached hydrogen (secondary N) is 2. The van der Waals surface area contributed by atoms with E-state index in [2.05, 4.69) is 20.5 Å². The van der Waals surface area contributed by atoms with Crippen LogP contribution < -0.4 is 15.5 Å². The first-order chi connectivity index (χ1) is 11.0. The predicted octanol–water partition coefficient (Wildman–Crippen LogP) is 2.17. The van der Waals surface area contributed by atoms with Gasteiger partial charge >= 0.3 is 0 Å². The molecule has 126 valence electrons.